The van der Waals surface area contributed by atoms with Gasteiger partial charge in [0, 0.05) is 5.56 Å². The molecule has 27 heavy (non-hydrogen) atoms. The van der Waals surface area contributed by atoms with Crippen molar-refractivity contribution < 1.29 is 14.7 Å². The van der Waals surface area contributed by atoms with E-state index in [4.69, 9.17) is 0 Å². The molecule has 0 saturated heterocycles. The van der Waals surface area contributed by atoms with Gasteiger partial charge >= 0.3 is 5.97 Å². The number of hydrogen-bond donors (Lipinski definition) is 2. The van der Waals surface area contributed by atoms with Crippen LogP contribution < -0.4 is 5.32 Å². The molecule has 2 rings (SSSR count). The first kappa shape index (κ1) is 20.7. The van der Waals surface area contributed by atoms with Crippen molar-refractivity contribution in [3.63, 3.8) is 0 Å². The number of unbranched alkanes of at least 4 members (excludes halogenated alkanes) is 5. The minimum absolute atomic E-state index is 0.100. The van der Waals surface area contributed by atoms with Crippen molar-refractivity contribution in [2.75, 3.05) is 5.32 Å². The number of hydrogen-bond acceptors (Lipinski definition) is 2. The summed E-state index contributed by atoms with van der Waals surface area (Å²) < 4.78 is 0. The third-order valence-corrected chi connectivity index (χ3v) is 4.69. The van der Waals surface area contributed by atoms with E-state index >= 15 is 0 Å². The van der Waals surface area contributed by atoms with Gasteiger partial charge in [-0.1, -0.05) is 62.8 Å². The van der Waals surface area contributed by atoms with Crippen LogP contribution in [0, 0.1) is 6.92 Å². The van der Waals surface area contributed by atoms with Crippen molar-refractivity contribution >= 4 is 17.6 Å². The molecule has 0 spiro atoms. The summed E-state index contributed by atoms with van der Waals surface area (Å²) in [6, 6.07) is 12.5. The average Bonchev–Trinajstić information content (AvgIpc) is 2.66. The van der Waals surface area contributed by atoms with Gasteiger partial charge in [0.15, 0.2) is 0 Å². The number of carbonyl (C=O) groups excluding carboxylic acids is 1. The number of aryl methyl sites for hydroxylation is 2. The number of aromatic carboxylic acids is 1. The van der Waals surface area contributed by atoms with Gasteiger partial charge in [0.25, 0.3) is 5.91 Å². The highest BCUT2D eigenvalue weighted by Crippen LogP contribution is 2.19. The van der Waals surface area contributed by atoms with Crippen LogP contribution in [0.5, 0.6) is 0 Å². The largest absolute Gasteiger partial charge is 0.478 e. The van der Waals surface area contributed by atoms with E-state index in [2.05, 4.69) is 12.2 Å². The van der Waals surface area contributed by atoms with Gasteiger partial charge in [0.1, 0.15) is 0 Å². The summed E-state index contributed by atoms with van der Waals surface area (Å²) in [6.45, 7) is 4.04. The van der Waals surface area contributed by atoms with Crippen molar-refractivity contribution in [3.05, 3.63) is 64.7 Å². The Morgan fingerprint density at radius 2 is 1.59 bits per heavy atom. The molecule has 0 aliphatic carbocycles. The molecule has 4 nitrogen and oxygen atoms in total. The molecule has 0 bridgehead atoms. The zero-order valence-corrected chi connectivity index (χ0v) is 16.3. The van der Waals surface area contributed by atoms with Crippen LogP contribution >= 0.6 is 0 Å². The first-order valence-corrected chi connectivity index (χ1v) is 9.75. The number of nitrogens with one attached hydrogen (secondary N) is 1. The number of carbonyl (C=O) groups is 2. The standard InChI is InChI=1S/C23H29NO3/c1-3-4-5-6-7-8-9-18-11-13-19(14-12-18)22(25)24-21-15-10-17(2)16-20(21)23(26)27/h10-16H,3-9H2,1-2H3,(H,24,25)(H,26,27). The van der Waals surface area contributed by atoms with E-state index in [1.54, 1.807) is 30.3 Å². The summed E-state index contributed by atoms with van der Waals surface area (Å²) in [4.78, 5) is 23.8. The number of anilines is 1. The summed E-state index contributed by atoms with van der Waals surface area (Å²) >= 11 is 0. The molecule has 2 aromatic rings. The zero-order chi connectivity index (χ0) is 19.6. The molecule has 0 aliphatic heterocycles. The Bertz CT molecular complexity index is 766. The van der Waals surface area contributed by atoms with Crippen molar-refractivity contribution in [2.24, 2.45) is 0 Å². The topological polar surface area (TPSA) is 66.4 Å². The van der Waals surface area contributed by atoms with E-state index < -0.39 is 5.97 Å². The minimum Gasteiger partial charge on any atom is -0.478 e. The monoisotopic (exact) mass is 367 g/mol. The van der Waals surface area contributed by atoms with Crippen LogP contribution in [-0.4, -0.2) is 17.0 Å². The molecule has 0 atom stereocenters. The summed E-state index contributed by atoms with van der Waals surface area (Å²) in [5.74, 6) is -1.35. The molecule has 144 valence electrons. The molecule has 2 aromatic carbocycles. The lowest BCUT2D eigenvalue weighted by Gasteiger charge is -2.10. The summed E-state index contributed by atoms with van der Waals surface area (Å²) in [6.07, 6.45) is 8.61. The van der Waals surface area contributed by atoms with Gasteiger partial charge < -0.3 is 10.4 Å². The fourth-order valence-corrected chi connectivity index (χ4v) is 3.07. The van der Waals surface area contributed by atoms with Crippen molar-refractivity contribution in [1.29, 1.82) is 0 Å². The van der Waals surface area contributed by atoms with E-state index in [-0.39, 0.29) is 11.5 Å². The molecule has 0 radical (unpaired) electrons. The molecule has 2 N–H and O–H groups in total. The molecule has 0 unspecified atom stereocenters. The SMILES string of the molecule is CCCCCCCCc1ccc(C(=O)Nc2ccc(C)cc2C(=O)O)cc1. The van der Waals surface area contributed by atoms with Crippen molar-refractivity contribution in [1.82, 2.24) is 0 Å². The number of carboxylic acid groups (broad SMARTS) is 1. The predicted molar refractivity (Wildman–Crippen MR) is 110 cm³/mol. The highest BCUT2D eigenvalue weighted by Gasteiger charge is 2.13. The number of carboxylic acids is 1. The van der Waals surface area contributed by atoms with Gasteiger partial charge in [0.2, 0.25) is 0 Å². The molecule has 1 amide bonds. The Morgan fingerprint density at radius 1 is 0.926 bits per heavy atom. The van der Waals surface area contributed by atoms with Crippen molar-refractivity contribution in [2.45, 2.75) is 58.8 Å². The molecule has 4 heteroatoms. The quantitative estimate of drug-likeness (QED) is 0.518. The first-order chi connectivity index (χ1) is 13.0. The van der Waals surface area contributed by atoms with Gasteiger partial charge in [-0.3, -0.25) is 4.79 Å². The lowest BCUT2D eigenvalue weighted by Crippen LogP contribution is -2.15. The molecule has 0 heterocycles. The Hall–Kier alpha value is -2.62. The van der Waals surface area contributed by atoms with Gasteiger partial charge in [0.05, 0.1) is 11.3 Å². The van der Waals surface area contributed by atoms with E-state index in [1.807, 2.05) is 19.1 Å². The maximum Gasteiger partial charge on any atom is 0.337 e. The second-order valence-electron chi connectivity index (χ2n) is 7.02. The third kappa shape index (κ3) is 6.55. The van der Waals surface area contributed by atoms with Crippen LogP contribution in [0.25, 0.3) is 0 Å². The number of amides is 1. The molecule has 0 fully saturated rings. The average molecular weight is 367 g/mol. The molecular weight excluding hydrogens is 338 g/mol. The fourth-order valence-electron chi connectivity index (χ4n) is 3.07. The number of rotatable bonds is 10. The highest BCUT2D eigenvalue weighted by atomic mass is 16.4. The minimum atomic E-state index is -1.05. The van der Waals surface area contributed by atoms with Crippen LogP contribution in [0.3, 0.4) is 0 Å². The predicted octanol–water partition coefficient (Wildman–Crippen LogP) is 5.85. The summed E-state index contributed by atoms with van der Waals surface area (Å²) in [5.41, 5.74) is 3.00. The fraction of sp³-hybridized carbons (Fsp3) is 0.391. The zero-order valence-electron chi connectivity index (χ0n) is 16.3. The molecule has 0 aliphatic rings. The van der Waals surface area contributed by atoms with Crippen molar-refractivity contribution in [3.8, 4) is 0 Å². The first-order valence-electron chi connectivity index (χ1n) is 9.75. The lowest BCUT2D eigenvalue weighted by atomic mass is 10.0. The maximum absolute atomic E-state index is 12.4. The smallest absolute Gasteiger partial charge is 0.337 e. The summed E-state index contributed by atoms with van der Waals surface area (Å²) in [7, 11) is 0. The van der Waals surface area contributed by atoms with E-state index in [0.29, 0.717) is 11.3 Å². The molecule has 0 saturated carbocycles. The summed E-state index contributed by atoms with van der Waals surface area (Å²) in [5, 5.41) is 12.0. The van der Waals surface area contributed by atoms with Crippen LogP contribution in [0.15, 0.2) is 42.5 Å². The van der Waals surface area contributed by atoms with Crippen LogP contribution in [0.2, 0.25) is 0 Å². The van der Waals surface area contributed by atoms with E-state index in [1.165, 1.54) is 44.1 Å². The Morgan fingerprint density at radius 3 is 2.26 bits per heavy atom. The van der Waals surface area contributed by atoms with Crippen LogP contribution in [0.4, 0.5) is 5.69 Å². The second-order valence-corrected chi connectivity index (χ2v) is 7.02. The third-order valence-electron chi connectivity index (χ3n) is 4.69. The van der Waals surface area contributed by atoms with Gasteiger partial charge in [-0.05, 0) is 49.6 Å². The Balaban J connectivity index is 1.91. The van der Waals surface area contributed by atoms with Gasteiger partial charge in [-0.25, -0.2) is 4.79 Å². The van der Waals surface area contributed by atoms with Gasteiger partial charge in [-0.2, -0.15) is 0 Å². The van der Waals surface area contributed by atoms with E-state index in [0.717, 1.165) is 12.0 Å². The normalized spacial score (nSPS) is 10.6. The second kappa shape index (κ2) is 10.5. The van der Waals surface area contributed by atoms with Crippen LogP contribution in [0.1, 0.15) is 77.3 Å². The maximum atomic E-state index is 12.4. The Labute approximate surface area is 161 Å². The van der Waals surface area contributed by atoms with Crippen LogP contribution in [-0.2, 0) is 6.42 Å². The Kier molecular flexibility index (Phi) is 8.05. The molecular formula is C23H29NO3. The number of benzene rings is 2. The van der Waals surface area contributed by atoms with Gasteiger partial charge in [-0.15, -0.1) is 0 Å². The lowest BCUT2D eigenvalue weighted by molar-refractivity contribution is 0.0698. The van der Waals surface area contributed by atoms with E-state index in [9.17, 15) is 14.7 Å². The highest BCUT2D eigenvalue weighted by molar-refractivity contribution is 6.07. The molecule has 0 aromatic heterocycles.